The highest BCUT2D eigenvalue weighted by Crippen LogP contribution is 2.25. The number of anilines is 2. The standard InChI is InChI=1S/C15H17Cl2N5O/c1-22(2)8-7-18-14-6-5-12(20-21-14)15(23)19-13-9-10(16)3-4-11(13)17/h3-6,9H,7-8H2,1-2H3,(H,18,21)(H,19,23). The molecule has 0 saturated carbocycles. The summed E-state index contributed by atoms with van der Waals surface area (Å²) in [5, 5.41) is 14.6. The van der Waals surface area contributed by atoms with Crippen LogP contribution in [0.25, 0.3) is 0 Å². The Hall–Kier alpha value is -1.89. The lowest BCUT2D eigenvalue weighted by Gasteiger charge is -2.10. The number of carbonyl (C=O) groups is 1. The first-order valence-electron chi connectivity index (χ1n) is 6.94. The second-order valence-electron chi connectivity index (χ2n) is 5.11. The summed E-state index contributed by atoms with van der Waals surface area (Å²) in [5.74, 6) is 0.214. The molecule has 0 unspecified atom stereocenters. The summed E-state index contributed by atoms with van der Waals surface area (Å²) in [6, 6.07) is 8.14. The van der Waals surface area contributed by atoms with Crippen molar-refractivity contribution in [3.63, 3.8) is 0 Å². The minimum atomic E-state index is -0.401. The Balaban J connectivity index is 1.98. The zero-order valence-corrected chi connectivity index (χ0v) is 14.3. The highest BCUT2D eigenvalue weighted by atomic mass is 35.5. The molecule has 2 rings (SSSR count). The summed E-state index contributed by atoms with van der Waals surface area (Å²) < 4.78 is 0. The number of rotatable bonds is 6. The van der Waals surface area contributed by atoms with Gasteiger partial charge in [0.25, 0.3) is 5.91 Å². The van der Waals surface area contributed by atoms with Gasteiger partial charge in [-0.2, -0.15) is 0 Å². The summed E-state index contributed by atoms with van der Waals surface area (Å²) in [6.45, 7) is 1.61. The maximum Gasteiger partial charge on any atom is 0.276 e. The van der Waals surface area contributed by atoms with Gasteiger partial charge in [0, 0.05) is 18.1 Å². The smallest absolute Gasteiger partial charge is 0.276 e. The van der Waals surface area contributed by atoms with Crippen LogP contribution in [0, 0.1) is 0 Å². The van der Waals surface area contributed by atoms with Crippen molar-refractivity contribution in [3.05, 3.63) is 46.1 Å². The van der Waals surface area contributed by atoms with Crippen LogP contribution in [0.1, 0.15) is 10.5 Å². The molecule has 8 heteroatoms. The van der Waals surface area contributed by atoms with Gasteiger partial charge in [-0.1, -0.05) is 23.2 Å². The van der Waals surface area contributed by atoms with E-state index >= 15 is 0 Å². The Morgan fingerprint density at radius 2 is 1.96 bits per heavy atom. The number of benzene rings is 1. The zero-order chi connectivity index (χ0) is 16.8. The zero-order valence-electron chi connectivity index (χ0n) is 12.8. The van der Waals surface area contributed by atoms with E-state index in [-0.39, 0.29) is 5.69 Å². The lowest BCUT2D eigenvalue weighted by molar-refractivity contribution is 0.102. The number of hydrogen-bond donors (Lipinski definition) is 2. The van der Waals surface area contributed by atoms with E-state index in [0.29, 0.717) is 21.6 Å². The Morgan fingerprint density at radius 1 is 1.17 bits per heavy atom. The Kier molecular flexibility index (Phi) is 6.15. The number of nitrogens with one attached hydrogen (secondary N) is 2. The van der Waals surface area contributed by atoms with Crippen LogP contribution in [0.5, 0.6) is 0 Å². The average Bonchev–Trinajstić information content (AvgIpc) is 2.51. The summed E-state index contributed by atoms with van der Waals surface area (Å²) in [4.78, 5) is 14.2. The van der Waals surface area contributed by atoms with Crippen molar-refractivity contribution in [1.82, 2.24) is 15.1 Å². The summed E-state index contributed by atoms with van der Waals surface area (Å²) in [6.07, 6.45) is 0. The van der Waals surface area contributed by atoms with Gasteiger partial charge in [0.1, 0.15) is 5.82 Å². The van der Waals surface area contributed by atoms with Gasteiger partial charge in [-0.25, -0.2) is 0 Å². The second-order valence-corrected chi connectivity index (χ2v) is 5.96. The lowest BCUT2D eigenvalue weighted by Crippen LogP contribution is -2.21. The number of nitrogens with zero attached hydrogens (tertiary/aromatic N) is 3. The molecule has 6 nitrogen and oxygen atoms in total. The Bertz CT molecular complexity index is 676. The van der Waals surface area contributed by atoms with E-state index < -0.39 is 5.91 Å². The number of likely N-dealkylation sites (N-methyl/N-ethyl adjacent to an activating group) is 1. The molecule has 0 saturated heterocycles. The molecule has 1 aromatic carbocycles. The molecule has 0 spiro atoms. The molecule has 1 aromatic heterocycles. The predicted molar refractivity (Wildman–Crippen MR) is 93.5 cm³/mol. The van der Waals surface area contributed by atoms with Gasteiger partial charge >= 0.3 is 0 Å². The van der Waals surface area contributed by atoms with E-state index in [4.69, 9.17) is 23.2 Å². The molecular formula is C15H17Cl2N5O. The molecule has 0 aliphatic heterocycles. The number of halogens is 2. The van der Waals surface area contributed by atoms with Crippen molar-refractivity contribution >= 4 is 40.6 Å². The van der Waals surface area contributed by atoms with E-state index in [1.165, 1.54) is 0 Å². The predicted octanol–water partition coefficient (Wildman–Crippen LogP) is 3.01. The monoisotopic (exact) mass is 353 g/mol. The highest BCUT2D eigenvalue weighted by Gasteiger charge is 2.11. The van der Waals surface area contributed by atoms with Gasteiger partial charge in [0.05, 0.1) is 10.7 Å². The lowest BCUT2D eigenvalue weighted by atomic mass is 10.3. The van der Waals surface area contributed by atoms with Crippen molar-refractivity contribution in [1.29, 1.82) is 0 Å². The molecule has 0 fully saturated rings. The first kappa shape index (κ1) is 17.5. The van der Waals surface area contributed by atoms with Gasteiger partial charge < -0.3 is 15.5 Å². The Labute approximate surface area is 144 Å². The summed E-state index contributed by atoms with van der Waals surface area (Å²) in [5.41, 5.74) is 0.623. The largest absolute Gasteiger partial charge is 0.367 e. The molecule has 122 valence electrons. The summed E-state index contributed by atoms with van der Waals surface area (Å²) >= 11 is 11.9. The van der Waals surface area contributed by atoms with Gasteiger partial charge in [0.2, 0.25) is 0 Å². The first-order chi connectivity index (χ1) is 11.0. The maximum absolute atomic E-state index is 12.1. The van der Waals surface area contributed by atoms with E-state index in [2.05, 4.69) is 25.7 Å². The minimum Gasteiger partial charge on any atom is -0.367 e. The van der Waals surface area contributed by atoms with E-state index in [0.717, 1.165) is 13.1 Å². The third-order valence-corrected chi connectivity index (χ3v) is 3.50. The van der Waals surface area contributed by atoms with Crippen molar-refractivity contribution in [2.45, 2.75) is 0 Å². The van der Waals surface area contributed by atoms with E-state index in [1.54, 1.807) is 30.3 Å². The Morgan fingerprint density at radius 3 is 2.61 bits per heavy atom. The maximum atomic E-state index is 12.1. The molecule has 1 heterocycles. The minimum absolute atomic E-state index is 0.194. The van der Waals surface area contributed by atoms with Gasteiger partial charge in [0.15, 0.2) is 5.69 Å². The molecular weight excluding hydrogens is 337 g/mol. The van der Waals surface area contributed by atoms with Crippen LogP contribution in [0.15, 0.2) is 30.3 Å². The van der Waals surface area contributed by atoms with Gasteiger partial charge in [-0.15, -0.1) is 10.2 Å². The van der Waals surface area contributed by atoms with Crippen LogP contribution in [0.4, 0.5) is 11.5 Å². The van der Waals surface area contributed by atoms with Crippen LogP contribution < -0.4 is 10.6 Å². The van der Waals surface area contributed by atoms with Crippen LogP contribution >= 0.6 is 23.2 Å². The van der Waals surface area contributed by atoms with E-state index in [9.17, 15) is 4.79 Å². The topological polar surface area (TPSA) is 70.2 Å². The second kappa shape index (κ2) is 8.10. The van der Waals surface area contributed by atoms with Crippen molar-refractivity contribution in [2.24, 2.45) is 0 Å². The molecule has 23 heavy (non-hydrogen) atoms. The SMILES string of the molecule is CN(C)CCNc1ccc(C(=O)Nc2cc(Cl)ccc2Cl)nn1. The van der Waals surface area contributed by atoms with Crippen LogP contribution in [0.2, 0.25) is 10.0 Å². The van der Waals surface area contributed by atoms with Crippen LogP contribution in [-0.2, 0) is 0 Å². The molecule has 0 atom stereocenters. The van der Waals surface area contributed by atoms with Crippen molar-refractivity contribution in [3.8, 4) is 0 Å². The highest BCUT2D eigenvalue weighted by molar-refractivity contribution is 6.35. The molecule has 0 bridgehead atoms. The molecule has 2 N–H and O–H groups in total. The average molecular weight is 354 g/mol. The molecule has 1 amide bonds. The third kappa shape index (κ3) is 5.35. The molecule has 2 aromatic rings. The van der Waals surface area contributed by atoms with E-state index in [1.807, 2.05) is 14.1 Å². The quantitative estimate of drug-likeness (QED) is 0.835. The fourth-order valence-corrected chi connectivity index (χ4v) is 2.07. The first-order valence-corrected chi connectivity index (χ1v) is 7.70. The fourth-order valence-electron chi connectivity index (χ4n) is 1.73. The molecule has 0 radical (unpaired) electrons. The molecule has 0 aliphatic carbocycles. The van der Waals surface area contributed by atoms with Gasteiger partial charge in [-0.05, 0) is 44.4 Å². The molecule has 0 aliphatic rings. The number of carbonyl (C=O) groups excluding carboxylic acids is 1. The summed E-state index contributed by atoms with van der Waals surface area (Å²) in [7, 11) is 3.98. The fraction of sp³-hybridized carbons (Fsp3) is 0.267. The number of hydrogen-bond acceptors (Lipinski definition) is 5. The number of aromatic nitrogens is 2. The van der Waals surface area contributed by atoms with Crippen molar-refractivity contribution < 1.29 is 4.79 Å². The van der Waals surface area contributed by atoms with Crippen LogP contribution in [-0.4, -0.2) is 48.2 Å². The normalized spacial score (nSPS) is 10.7. The van der Waals surface area contributed by atoms with Crippen LogP contribution in [0.3, 0.4) is 0 Å². The van der Waals surface area contributed by atoms with Crippen molar-refractivity contribution in [2.75, 3.05) is 37.8 Å². The number of amides is 1. The van der Waals surface area contributed by atoms with Gasteiger partial charge in [-0.3, -0.25) is 4.79 Å². The third-order valence-electron chi connectivity index (χ3n) is 2.94.